The molecule has 0 saturated carbocycles. The molecule has 17 heteroatoms. The molecule has 2 aliphatic rings. The van der Waals surface area contributed by atoms with Crippen molar-refractivity contribution in [2.75, 3.05) is 60.6 Å². The molecule has 1 saturated heterocycles. The number of halogens is 1. The van der Waals surface area contributed by atoms with Gasteiger partial charge in [-0.15, -0.1) is 0 Å². The maximum atomic E-state index is 13.4. The van der Waals surface area contributed by atoms with Gasteiger partial charge in [0.05, 0.1) is 31.6 Å². The molecule has 15 nitrogen and oxygen atoms in total. The third kappa shape index (κ3) is 9.06. The lowest BCUT2D eigenvalue weighted by Gasteiger charge is -2.36. The van der Waals surface area contributed by atoms with Crippen molar-refractivity contribution in [3.05, 3.63) is 88.1 Å². The first-order chi connectivity index (χ1) is 25.6. The number of fused-ring (bicyclic) bond motifs is 4. The number of aromatic nitrogens is 3. The van der Waals surface area contributed by atoms with E-state index in [2.05, 4.69) is 34.6 Å². The Bertz CT molecular complexity index is 2070. The Kier molecular flexibility index (Phi) is 12.0. The van der Waals surface area contributed by atoms with Crippen molar-refractivity contribution in [3.8, 4) is 11.1 Å². The zero-order chi connectivity index (χ0) is 38.8. The third-order valence-electron chi connectivity index (χ3n) is 9.01. The average molecular weight is 785 g/mol. The van der Waals surface area contributed by atoms with Gasteiger partial charge in [0.15, 0.2) is 11.9 Å². The van der Waals surface area contributed by atoms with E-state index in [1.807, 2.05) is 36.2 Å². The Labute approximate surface area is 318 Å². The Morgan fingerprint density at radius 2 is 1.72 bits per heavy atom. The number of benzene rings is 2. The zero-order valence-corrected chi connectivity index (χ0v) is 32.8. The molecule has 2 aromatic heterocycles. The average Bonchev–Trinajstić information content (AvgIpc) is 3.63. The molecular formula is C37H46ClN6O9P. The molecule has 6 rings (SSSR count). The largest absolute Gasteiger partial charge is 0.449 e. The van der Waals surface area contributed by atoms with Gasteiger partial charge in [-0.2, -0.15) is 4.98 Å². The lowest BCUT2D eigenvalue weighted by molar-refractivity contribution is -0.127. The van der Waals surface area contributed by atoms with Gasteiger partial charge in [0.2, 0.25) is 0 Å². The molecule has 3 heterocycles. The van der Waals surface area contributed by atoms with Crippen LogP contribution in [-0.2, 0) is 34.6 Å². The normalized spacial score (nSPS) is 18.7. The highest BCUT2D eigenvalue weighted by atomic mass is 35.7. The molecule has 54 heavy (non-hydrogen) atoms. The number of likely N-dealkylation sites (N-methyl/N-ethyl adjacent to an activating group) is 1. The van der Waals surface area contributed by atoms with Gasteiger partial charge in [0.25, 0.3) is 0 Å². The van der Waals surface area contributed by atoms with Crippen LogP contribution in [0.4, 0.5) is 9.59 Å². The Hall–Kier alpha value is -4.08. The summed E-state index contributed by atoms with van der Waals surface area (Å²) in [5.74, 6) is -0.0589. The summed E-state index contributed by atoms with van der Waals surface area (Å²) in [4.78, 5) is 45.8. The predicted octanol–water partition coefficient (Wildman–Crippen LogP) is 5.79. The van der Waals surface area contributed by atoms with Crippen molar-refractivity contribution >= 4 is 41.3 Å². The summed E-state index contributed by atoms with van der Waals surface area (Å²) in [6.45, 7) is 2.84. The number of nitrogens with one attached hydrogen (secondary N) is 1. The summed E-state index contributed by atoms with van der Waals surface area (Å²) >= 11 is 6.03. The minimum atomic E-state index is -3.52. The molecule has 290 valence electrons. The minimum Gasteiger partial charge on any atom is -0.449 e. The molecule has 0 radical (unpaired) electrons. The van der Waals surface area contributed by atoms with Crippen LogP contribution in [0.5, 0.6) is 0 Å². The molecule has 1 N–H and O–H groups in total. The number of nitrogens with zero attached hydrogens (tertiary/aromatic N) is 5. The van der Waals surface area contributed by atoms with Gasteiger partial charge in [-0.1, -0.05) is 48.5 Å². The fourth-order valence-corrected chi connectivity index (χ4v) is 7.30. The van der Waals surface area contributed by atoms with E-state index in [-0.39, 0.29) is 44.5 Å². The van der Waals surface area contributed by atoms with Crippen molar-refractivity contribution in [3.63, 3.8) is 0 Å². The number of rotatable bonds is 12. The summed E-state index contributed by atoms with van der Waals surface area (Å²) in [6, 6.07) is 17.9. The molecule has 3 atom stereocenters. The minimum absolute atomic E-state index is 0.0530. The number of carbonyl (C=O) groups excluding carboxylic acids is 2. The number of carbonyl (C=O) groups is 2. The molecular weight excluding hydrogens is 739 g/mol. The molecule has 4 aromatic rings. The maximum Gasteiger partial charge on any atom is 0.420 e. The standard InChI is InChI=1S/C37H46ClN6O9P/c1-37(2,3)53-36(47)44-25(21-49-16-15-39-35(46)50-23-31-29-13-9-7-11-27(29)28-12-8-10-14-30(28)31)17-24-18-43(34(45)40-33(24)44)32-20-42(6)19-26(52-32)22-51-54(38,48)41(4)5/h7-14,17-18,26,31-32H,15-16,19-23H2,1-6H3,(H,39,46)/t26-,32?,54?/m0/s1. The third-order valence-corrected chi connectivity index (χ3v) is 11.6. The second-order valence-corrected chi connectivity index (χ2v) is 17.7. The van der Waals surface area contributed by atoms with Crippen LogP contribution in [0.25, 0.3) is 22.2 Å². The smallest absolute Gasteiger partial charge is 0.420 e. The van der Waals surface area contributed by atoms with Crippen LogP contribution in [-0.4, -0.2) is 108 Å². The van der Waals surface area contributed by atoms with Crippen molar-refractivity contribution in [1.29, 1.82) is 0 Å². The van der Waals surface area contributed by atoms with Crippen LogP contribution < -0.4 is 11.0 Å². The molecule has 2 aromatic carbocycles. The molecule has 1 aliphatic heterocycles. The van der Waals surface area contributed by atoms with Crippen LogP contribution in [0.1, 0.15) is 49.7 Å². The fraction of sp³-hybridized carbons (Fsp3) is 0.459. The van der Waals surface area contributed by atoms with E-state index in [1.54, 1.807) is 47.1 Å². The number of alkyl carbamates (subject to hydrolysis) is 1. The highest BCUT2D eigenvalue weighted by Crippen LogP contribution is 2.54. The van der Waals surface area contributed by atoms with Crippen LogP contribution in [0.15, 0.2) is 65.6 Å². The van der Waals surface area contributed by atoms with Gasteiger partial charge in [0.1, 0.15) is 12.2 Å². The lowest BCUT2D eigenvalue weighted by atomic mass is 9.98. The Morgan fingerprint density at radius 1 is 1.06 bits per heavy atom. The van der Waals surface area contributed by atoms with E-state index in [1.165, 1.54) is 13.8 Å². The quantitative estimate of drug-likeness (QED) is 0.137. The first kappa shape index (κ1) is 39.6. The Morgan fingerprint density at radius 3 is 2.37 bits per heavy atom. The highest BCUT2D eigenvalue weighted by Gasteiger charge is 2.33. The van der Waals surface area contributed by atoms with Crippen LogP contribution in [0.2, 0.25) is 0 Å². The summed E-state index contributed by atoms with van der Waals surface area (Å²) in [5.41, 5.74) is 3.54. The fourth-order valence-electron chi connectivity index (χ4n) is 6.54. The van der Waals surface area contributed by atoms with Gasteiger partial charge < -0.3 is 28.8 Å². The first-order valence-electron chi connectivity index (χ1n) is 17.6. The summed E-state index contributed by atoms with van der Waals surface area (Å²) in [5, 5.41) is 3.19. The number of hydrogen-bond acceptors (Lipinski definition) is 11. The van der Waals surface area contributed by atoms with Crippen molar-refractivity contribution in [1.82, 2.24) is 29.0 Å². The highest BCUT2D eigenvalue weighted by molar-refractivity contribution is 7.83. The van der Waals surface area contributed by atoms with E-state index < -0.39 is 42.7 Å². The maximum absolute atomic E-state index is 13.4. The topological polar surface area (TPSA) is 156 Å². The van der Waals surface area contributed by atoms with Crippen LogP contribution >= 0.6 is 18.1 Å². The first-order valence-corrected chi connectivity index (χ1v) is 20.1. The van der Waals surface area contributed by atoms with E-state index in [0.717, 1.165) is 22.3 Å². The molecule has 1 fully saturated rings. The van der Waals surface area contributed by atoms with Crippen molar-refractivity contribution in [2.24, 2.45) is 0 Å². The monoisotopic (exact) mass is 784 g/mol. The zero-order valence-electron chi connectivity index (χ0n) is 31.2. The van der Waals surface area contributed by atoms with Gasteiger partial charge in [-0.3, -0.25) is 14.0 Å². The van der Waals surface area contributed by atoms with Crippen LogP contribution in [0, 0.1) is 0 Å². The second kappa shape index (κ2) is 16.3. The van der Waals surface area contributed by atoms with E-state index in [0.29, 0.717) is 24.2 Å². The van der Waals surface area contributed by atoms with E-state index in [9.17, 15) is 18.9 Å². The van der Waals surface area contributed by atoms with Crippen molar-refractivity contribution in [2.45, 2.75) is 51.2 Å². The number of amides is 1. The molecule has 1 aliphatic carbocycles. The molecule has 1 amide bonds. The summed E-state index contributed by atoms with van der Waals surface area (Å²) in [6.07, 6.45) is -1.03. The second-order valence-electron chi connectivity index (χ2n) is 14.5. The molecule has 0 spiro atoms. The van der Waals surface area contributed by atoms with Crippen LogP contribution in [0.3, 0.4) is 0 Å². The SMILES string of the molecule is CN1CC(n2cc3cc(COCCNC(=O)OCC4c5ccccc5-c5ccccc54)n(C(=O)OC(C)(C)C)c3nc2=O)O[C@H](COP(=O)(Cl)N(C)C)C1. The van der Waals surface area contributed by atoms with E-state index >= 15 is 0 Å². The van der Waals surface area contributed by atoms with Gasteiger partial charge >= 0.3 is 24.7 Å². The lowest BCUT2D eigenvalue weighted by Crippen LogP contribution is -2.47. The number of hydrogen-bond donors (Lipinski definition) is 1. The summed E-state index contributed by atoms with van der Waals surface area (Å²) < 4.78 is 45.2. The van der Waals surface area contributed by atoms with Gasteiger partial charge in [0, 0.05) is 37.1 Å². The van der Waals surface area contributed by atoms with Gasteiger partial charge in [-0.25, -0.2) is 23.6 Å². The number of morpholine rings is 1. The van der Waals surface area contributed by atoms with Crippen molar-refractivity contribution < 1.29 is 37.6 Å². The number of ether oxygens (including phenoxy) is 4. The van der Waals surface area contributed by atoms with Gasteiger partial charge in [-0.05, 0) is 81.5 Å². The molecule has 0 bridgehead atoms. The predicted molar refractivity (Wildman–Crippen MR) is 203 cm³/mol. The molecule has 2 unspecified atom stereocenters. The Balaban J connectivity index is 1.10. The van der Waals surface area contributed by atoms with E-state index in [4.69, 9.17) is 34.7 Å². The summed E-state index contributed by atoms with van der Waals surface area (Å²) in [7, 11) is 4.97.